The smallest absolute Gasteiger partial charge is 0.255 e. The summed E-state index contributed by atoms with van der Waals surface area (Å²) in [7, 11) is 1.80. The van der Waals surface area contributed by atoms with Crippen LogP contribution in [0.25, 0.3) is 0 Å². The van der Waals surface area contributed by atoms with Gasteiger partial charge >= 0.3 is 0 Å². The third-order valence-electron chi connectivity index (χ3n) is 2.53. The lowest BCUT2D eigenvalue weighted by Crippen LogP contribution is -2.25. The van der Waals surface area contributed by atoms with E-state index in [1.165, 1.54) is 0 Å². The Balaban J connectivity index is 2.07. The fourth-order valence-electron chi connectivity index (χ4n) is 1.56. The lowest BCUT2D eigenvalue weighted by Gasteiger charge is -2.16. The number of thiophene rings is 1. The SMILES string of the molecule is Cc1ccc(C(=O)N(C)Cc2ccc(Br)s2)cn1. The number of amides is 1. The topological polar surface area (TPSA) is 33.2 Å². The van der Waals surface area contributed by atoms with E-state index < -0.39 is 0 Å². The molecule has 5 heteroatoms. The Hall–Kier alpha value is -1.20. The molecular formula is C13H13BrN2OS. The first-order chi connectivity index (χ1) is 8.56. The van der Waals surface area contributed by atoms with Gasteiger partial charge in [0, 0.05) is 23.8 Å². The maximum absolute atomic E-state index is 12.1. The molecule has 3 nitrogen and oxygen atoms in total. The van der Waals surface area contributed by atoms with Crippen LogP contribution in [0.5, 0.6) is 0 Å². The number of hydrogen-bond acceptors (Lipinski definition) is 3. The summed E-state index contributed by atoms with van der Waals surface area (Å²) in [5.74, 6) is -0.00739. The molecule has 0 atom stereocenters. The quantitative estimate of drug-likeness (QED) is 0.865. The van der Waals surface area contributed by atoms with Gasteiger partial charge in [-0.05, 0) is 47.1 Å². The van der Waals surface area contributed by atoms with Gasteiger partial charge in [0.05, 0.1) is 15.9 Å². The van der Waals surface area contributed by atoms with Gasteiger partial charge in [0.1, 0.15) is 0 Å². The highest BCUT2D eigenvalue weighted by Crippen LogP contribution is 2.23. The van der Waals surface area contributed by atoms with E-state index in [1.807, 2.05) is 31.2 Å². The molecule has 0 aliphatic rings. The number of rotatable bonds is 3. The summed E-state index contributed by atoms with van der Waals surface area (Å²) in [5.41, 5.74) is 1.54. The fourth-order valence-corrected chi connectivity index (χ4v) is 3.09. The third kappa shape index (κ3) is 3.17. The Kier molecular flexibility index (Phi) is 4.14. The van der Waals surface area contributed by atoms with Crippen molar-refractivity contribution in [2.45, 2.75) is 13.5 Å². The van der Waals surface area contributed by atoms with Gasteiger partial charge in [-0.25, -0.2) is 0 Å². The summed E-state index contributed by atoms with van der Waals surface area (Å²) in [6, 6.07) is 7.67. The van der Waals surface area contributed by atoms with Crippen molar-refractivity contribution < 1.29 is 4.79 Å². The Morgan fingerprint density at radius 2 is 2.17 bits per heavy atom. The van der Waals surface area contributed by atoms with Crippen LogP contribution in [0.3, 0.4) is 0 Å². The predicted molar refractivity (Wildman–Crippen MR) is 76.8 cm³/mol. The number of pyridine rings is 1. The van der Waals surface area contributed by atoms with Crippen LogP contribution in [0.2, 0.25) is 0 Å². The Morgan fingerprint density at radius 3 is 2.72 bits per heavy atom. The predicted octanol–water partition coefficient (Wildman–Crippen LogP) is 3.49. The van der Waals surface area contributed by atoms with Gasteiger partial charge in [-0.15, -0.1) is 11.3 Å². The fraction of sp³-hybridized carbons (Fsp3) is 0.231. The van der Waals surface area contributed by atoms with Gasteiger partial charge in [-0.2, -0.15) is 0 Å². The largest absolute Gasteiger partial charge is 0.337 e. The van der Waals surface area contributed by atoms with Gasteiger partial charge in [0.25, 0.3) is 5.91 Å². The molecule has 0 N–H and O–H groups in total. The van der Waals surface area contributed by atoms with E-state index in [-0.39, 0.29) is 5.91 Å². The lowest BCUT2D eigenvalue weighted by molar-refractivity contribution is 0.0786. The standard InChI is InChI=1S/C13H13BrN2OS/c1-9-3-4-10(7-15-9)13(17)16(2)8-11-5-6-12(14)18-11/h3-7H,8H2,1-2H3. The second-order valence-electron chi connectivity index (χ2n) is 4.06. The summed E-state index contributed by atoms with van der Waals surface area (Å²) >= 11 is 5.06. The van der Waals surface area contributed by atoms with Crippen molar-refractivity contribution in [1.29, 1.82) is 0 Å². The zero-order chi connectivity index (χ0) is 13.1. The van der Waals surface area contributed by atoms with Crippen molar-refractivity contribution in [3.05, 3.63) is 50.4 Å². The van der Waals surface area contributed by atoms with Crippen molar-refractivity contribution >= 4 is 33.2 Å². The second-order valence-corrected chi connectivity index (χ2v) is 6.60. The summed E-state index contributed by atoms with van der Waals surface area (Å²) in [4.78, 5) is 19.1. The average molecular weight is 325 g/mol. The maximum atomic E-state index is 12.1. The number of halogens is 1. The molecule has 0 aromatic carbocycles. The van der Waals surface area contributed by atoms with Crippen molar-refractivity contribution in [3.8, 4) is 0 Å². The van der Waals surface area contributed by atoms with Crippen molar-refractivity contribution in [3.63, 3.8) is 0 Å². The van der Waals surface area contributed by atoms with E-state index in [9.17, 15) is 4.79 Å². The number of aryl methyl sites for hydroxylation is 1. The minimum atomic E-state index is -0.00739. The minimum absolute atomic E-state index is 0.00739. The molecule has 0 fully saturated rings. The third-order valence-corrected chi connectivity index (χ3v) is 4.14. The zero-order valence-electron chi connectivity index (χ0n) is 10.2. The molecule has 0 saturated carbocycles. The average Bonchev–Trinajstić information content (AvgIpc) is 2.75. The van der Waals surface area contributed by atoms with Crippen LogP contribution in [0, 0.1) is 6.92 Å². The molecule has 94 valence electrons. The molecule has 2 aromatic rings. The summed E-state index contributed by atoms with van der Waals surface area (Å²) in [6.45, 7) is 2.52. The number of aromatic nitrogens is 1. The Bertz CT molecular complexity index is 550. The summed E-state index contributed by atoms with van der Waals surface area (Å²) in [6.07, 6.45) is 1.62. The first-order valence-corrected chi connectivity index (χ1v) is 7.09. The molecule has 0 spiro atoms. The highest BCUT2D eigenvalue weighted by molar-refractivity contribution is 9.11. The monoisotopic (exact) mass is 324 g/mol. The zero-order valence-corrected chi connectivity index (χ0v) is 12.6. The van der Waals surface area contributed by atoms with Gasteiger partial charge in [-0.3, -0.25) is 9.78 Å². The van der Waals surface area contributed by atoms with Crippen LogP contribution in [-0.4, -0.2) is 22.8 Å². The molecule has 2 rings (SSSR count). The lowest BCUT2D eigenvalue weighted by atomic mass is 10.2. The number of carbonyl (C=O) groups is 1. The molecule has 0 aliphatic carbocycles. The summed E-state index contributed by atoms with van der Waals surface area (Å²) in [5, 5.41) is 0. The van der Waals surface area contributed by atoms with Crippen LogP contribution in [0.15, 0.2) is 34.2 Å². The minimum Gasteiger partial charge on any atom is -0.337 e. The first kappa shape index (κ1) is 13.2. The van der Waals surface area contributed by atoms with E-state index in [2.05, 4.69) is 20.9 Å². The van der Waals surface area contributed by atoms with E-state index >= 15 is 0 Å². The van der Waals surface area contributed by atoms with Gasteiger partial charge in [-0.1, -0.05) is 0 Å². The van der Waals surface area contributed by atoms with Crippen LogP contribution < -0.4 is 0 Å². The Morgan fingerprint density at radius 1 is 1.39 bits per heavy atom. The maximum Gasteiger partial charge on any atom is 0.255 e. The summed E-state index contributed by atoms with van der Waals surface area (Å²) < 4.78 is 1.08. The molecule has 0 bridgehead atoms. The molecule has 0 saturated heterocycles. The normalized spacial score (nSPS) is 10.4. The van der Waals surface area contributed by atoms with Crippen LogP contribution in [-0.2, 0) is 6.54 Å². The molecule has 18 heavy (non-hydrogen) atoms. The number of nitrogens with zero attached hydrogens (tertiary/aromatic N) is 2. The van der Waals surface area contributed by atoms with E-state index in [0.717, 1.165) is 14.4 Å². The van der Waals surface area contributed by atoms with Gasteiger partial charge in [0.2, 0.25) is 0 Å². The molecule has 2 aromatic heterocycles. The van der Waals surface area contributed by atoms with Crippen molar-refractivity contribution in [2.24, 2.45) is 0 Å². The van der Waals surface area contributed by atoms with Crippen molar-refractivity contribution in [2.75, 3.05) is 7.05 Å². The highest BCUT2D eigenvalue weighted by Gasteiger charge is 2.13. The Labute approximate surface area is 119 Å². The van der Waals surface area contributed by atoms with Crippen LogP contribution >= 0.6 is 27.3 Å². The van der Waals surface area contributed by atoms with E-state index in [0.29, 0.717) is 12.1 Å². The van der Waals surface area contributed by atoms with Crippen LogP contribution in [0.4, 0.5) is 0 Å². The van der Waals surface area contributed by atoms with E-state index in [1.54, 1.807) is 29.5 Å². The highest BCUT2D eigenvalue weighted by atomic mass is 79.9. The molecule has 0 unspecified atom stereocenters. The van der Waals surface area contributed by atoms with Crippen molar-refractivity contribution in [1.82, 2.24) is 9.88 Å². The number of carbonyl (C=O) groups excluding carboxylic acids is 1. The molecular weight excluding hydrogens is 312 g/mol. The molecule has 0 radical (unpaired) electrons. The van der Waals surface area contributed by atoms with Crippen LogP contribution in [0.1, 0.15) is 20.9 Å². The second kappa shape index (κ2) is 5.63. The van der Waals surface area contributed by atoms with Gasteiger partial charge in [0.15, 0.2) is 0 Å². The molecule has 1 amide bonds. The van der Waals surface area contributed by atoms with E-state index in [4.69, 9.17) is 0 Å². The number of hydrogen-bond donors (Lipinski definition) is 0. The van der Waals surface area contributed by atoms with Gasteiger partial charge < -0.3 is 4.90 Å². The molecule has 2 heterocycles. The first-order valence-electron chi connectivity index (χ1n) is 5.48. The molecule has 0 aliphatic heterocycles.